The number of nitrogens with one attached hydrogen (secondary N) is 1. The molecular formula is C19H26N6. The molecule has 0 fully saturated rings. The highest BCUT2D eigenvalue weighted by atomic mass is 15.3. The first-order chi connectivity index (χ1) is 12.2. The third kappa shape index (κ3) is 3.43. The molecule has 2 aromatic heterocycles. The van der Waals surface area contributed by atoms with Crippen LogP contribution in [0.4, 0.5) is 5.69 Å². The number of hydrogen-bond donors (Lipinski definition) is 1. The second-order valence-corrected chi connectivity index (χ2v) is 6.23. The Morgan fingerprint density at radius 1 is 1.08 bits per heavy atom. The Morgan fingerprint density at radius 2 is 1.88 bits per heavy atom. The molecule has 25 heavy (non-hydrogen) atoms. The van der Waals surface area contributed by atoms with Crippen molar-refractivity contribution in [3.8, 4) is 5.69 Å². The van der Waals surface area contributed by atoms with Crippen molar-refractivity contribution in [1.29, 1.82) is 0 Å². The summed E-state index contributed by atoms with van der Waals surface area (Å²) in [6.45, 7) is 10.0. The fraction of sp³-hybridized carbons (Fsp3) is 0.421. The number of aromatic nitrogens is 5. The minimum absolute atomic E-state index is 0.646. The second-order valence-electron chi connectivity index (χ2n) is 6.23. The van der Waals surface area contributed by atoms with Crippen LogP contribution in [0.1, 0.15) is 43.2 Å². The summed E-state index contributed by atoms with van der Waals surface area (Å²) in [5, 5.41) is 16.6. The lowest BCUT2D eigenvalue weighted by atomic mass is 10.2. The van der Waals surface area contributed by atoms with Crippen molar-refractivity contribution in [1.82, 2.24) is 24.5 Å². The number of aryl methyl sites for hydroxylation is 2. The molecule has 3 aromatic rings. The smallest absolute Gasteiger partial charge is 0.152 e. The number of rotatable bonds is 7. The molecule has 6 nitrogen and oxygen atoms in total. The molecule has 3 rings (SSSR count). The molecular weight excluding hydrogens is 312 g/mol. The van der Waals surface area contributed by atoms with Gasteiger partial charge in [-0.3, -0.25) is 0 Å². The van der Waals surface area contributed by atoms with Crippen molar-refractivity contribution in [3.05, 3.63) is 53.4 Å². The Hall–Kier alpha value is -2.63. The molecule has 0 amide bonds. The average Bonchev–Trinajstić information content (AvgIpc) is 3.18. The van der Waals surface area contributed by atoms with Gasteiger partial charge < -0.3 is 9.88 Å². The monoisotopic (exact) mass is 338 g/mol. The van der Waals surface area contributed by atoms with E-state index in [1.165, 1.54) is 11.3 Å². The molecule has 1 N–H and O–H groups in total. The Balaban J connectivity index is 1.84. The summed E-state index contributed by atoms with van der Waals surface area (Å²) in [6.07, 6.45) is 3.87. The SMILES string of the molecule is CCCn1c(C)nnc1CNc1cnn(-c2ccccc2C)c1CC. The summed E-state index contributed by atoms with van der Waals surface area (Å²) in [7, 11) is 0. The maximum atomic E-state index is 4.61. The Labute approximate surface area is 148 Å². The molecule has 2 heterocycles. The number of nitrogens with zero attached hydrogens (tertiary/aromatic N) is 5. The van der Waals surface area contributed by atoms with Crippen molar-refractivity contribution in [3.63, 3.8) is 0 Å². The van der Waals surface area contributed by atoms with Crippen LogP contribution in [0.2, 0.25) is 0 Å². The van der Waals surface area contributed by atoms with Gasteiger partial charge in [-0.25, -0.2) is 4.68 Å². The average molecular weight is 338 g/mol. The quantitative estimate of drug-likeness (QED) is 0.714. The molecule has 0 aliphatic carbocycles. The van der Waals surface area contributed by atoms with Crippen LogP contribution in [-0.2, 0) is 19.5 Å². The summed E-state index contributed by atoms with van der Waals surface area (Å²) in [5.74, 6) is 1.93. The predicted octanol–water partition coefficient (Wildman–Crippen LogP) is 3.67. The highest BCUT2D eigenvalue weighted by Crippen LogP contribution is 2.22. The minimum Gasteiger partial charge on any atom is -0.375 e. The normalized spacial score (nSPS) is 11.0. The molecule has 0 radical (unpaired) electrons. The van der Waals surface area contributed by atoms with E-state index in [9.17, 15) is 0 Å². The lowest BCUT2D eigenvalue weighted by Crippen LogP contribution is -2.11. The highest BCUT2D eigenvalue weighted by Gasteiger charge is 2.13. The van der Waals surface area contributed by atoms with E-state index >= 15 is 0 Å². The van der Waals surface area contributed by atoms with Crippen LogP contribution in [0.25, 0.3) is 5.69 Å². The van der Waals surface area contributed by atoms with Gasteiger partial charge in [-0.2, -0.15) is 5.10 Å². The van der Waals surface area contributed by atoms with E-state index < -0.39 is 0 Å². The molecule has 6 heteroatoms. The Morgan fingerprint density at radius 3 is 2.60 bits per heavy atom. The highest BCUT2D eigenvalue weighted by molar-refractivity contribution is 5.51. The topological polar surface area (TPSA) is 60.6 Å². The van der Waals surface area contributed by atoms with Crippen LogP contribution >= 0.6 is 0 Å². The number of benzene rings is 1. The molecule has 1 aromatic carbocycles. The molecule has 0 saturated heterocycles. The van der Waals surface area contributed by atoms with E-state index in [1.54, 1.807) is 0 Å². The van der Waals surface area contributed by atoms with E-state index in [1.807, 2.05) is 23.9 Å². The van der Waals surface area contributed by atoms with Gasteiger partial charge in [0.15, 0.2) is 5.82 Å². The van der Waals surface area contributed by atoms with Crippen LogP contribution in [0, 0.1) is 13.8 Å². The maximum Gasteiger partial charge on any atom is 0.152 e. The van der Waals surface area contributed by atoms with E-state index in [-0.39, 0.29) is 0 Å². The first-order valence-electron chi connectivity index (χ1n) is 8.91. The van der Waals surface area contributed by atoms with Gasteiger partial charge in [0.05, 0.1) is 29.8 Å². The number of anilines is 1. The second kappa shape index (κ2) is 7.51. The maximum absolute atomic E-state index is 4.61. The van der Waals surface area contributed by atoms with E-state index in [0.717, 1.165) is 42.4 Å². The third-order valence-corrected chi connectivity index (χ3v) is 4.44. The van der Waals surface area contributed by atoms with E-state index in [4.69, 9.17) is 0 Å². The van der Waals surface area contributed by atoms with E-state index in [0.29, 0.717) is 6.54 Å². The predicted molar refractivity (Wildman–Crippen MR) is 100 cm³/mol. The van der Waals surface area contributed by atoms with Gasteiger partial charge >= 0.3 is 0 Å². The Bertz CT molecular complexity index is 845. The molecule has 132 valence electrons. The summed E-state index contributed by atoms with van der Waals surface area (Å²) in [5.41, 5.74) is 4.56. The van der Waals surface area contributed by atoms with Crippen LogP contribution < -0.4 is 5.32 Å². The number of para-hydroxylation sites is 1. The summed E-state index contributed by atoms with van der Waals surface area (Å²) < 4.78 is 4.20. The standard InChI is InChI=1S/C19H26N6/c1-5-11-24-15(4)22-23-19(24)13-20-16-12-21-25(17(16)6-2)18-10-8-7-9-14(18)3/h7-10,12,20H,5-6,11,13H2,1-4H3. The summed E-state index contributed by atoms with van der Waals surface area (Å²) in [4.78, 5) is 0. The van der Waals surface area contributed by atoms with Gasteiger partial charge in [-0.05, 0) is 38.3 Å². The van der Waals surface area contributed by atoms with Gasteiger partial charge in [-0.1, -0.05) is 32.0 Å². The fourth-order valence-corrected chi connectivity index (χ4v) is 3.11. The fourth-order valence-electron chi connectivity index (χ4n) is 3.11. The molecule has 0 aliphatic heterocycles. The molecule has 0 unspecified atom stereocenters. The Kier molecular flexibility index (Phi) is 5.16. The van der Waals surface area contributed by atoms with Crippen LogP contribution in [-0.4, -0.2) is 24.5 Å². The van der Waals surface area contributed by atoms with Crippen molar-refractivity contribution in [2.45, 2.75) is 53.6 Å². The first kappa shape index (κ1) is 17.2. The largest absolute Gasteiger partial charge is 0.375 e. The van der Waals surface area contributed by atoms with Crippen LogP contribution in [0.3, 0.4) is 0 Å². The van der Waals surface area contributed by atoms with Crippen LogP contribution in [0.5, 0.6) is 0 Å². The molecule has 0 bridgehead atoms. The third-order valence-electron chi connectivity index (χ3n) is 4.44. The van der Waals surface area contributed by atoms with Gasteiger partial charge in [-0.15, -0.1) is 10.2 Å². The van der Waals surface area contributed by atoms with Gasteiger partial charge in [0.2, 0.25) is 0 Å². The first-order valence-corrected chi connectivity index (χ1v) is 8.91. The zero-order valence-electron chi connectivity index (χ0n) is 15.5. The van der Waals surface area contributed by atoms with Gasteiger partial charge in [0.25, 0.3) is 0 Å². The lowest BCUT2D eigenvalue weighted by Gasteiger charge is -2.12. The zero-order valence-corrected chi connectivity index (χ0v) is 15.5. The van der Waals surface area contributed by atoms with Crippen LogP contribution in [0.15, 0.2) is 30.5 Å². The lowest BCUT2D eigenvalue weighted by molar-refractivity contribution is 0.627. The molecule has 0 atom stereocenters. The van der Waals surface area contributed by atoms with Crippen molar-refractivity contribution in [2.75, 3.05) is 5.32 Å². The van der Waals surface area contributed by atoms with Crippen molar-refractivity contribution >= 4 is 5.69 Å². The van der Waals surface area contributed by atoms with Gasteiger partial charge in [0.1, 0.15) is 5.82 Å². The summed E-state index contributed by atoms with van der Waals surface area (Å²) >= 11 is 0. The van der Waals surface area contributed by atoms with Crippen molar-refractivity contribution in [2.24, 2.45) is 0 Å². The van der Waals surface area contributed by atoms with Gasteiger partial charge in [0, 0.05) is 6.54 Å². The number of hydrogen-bond acceptors (Lipinski definition) is 4. The zero-order chi connectivity index (χ0) is 17.8. The molecule has 0 spiro atoms. The van der Waals surface area contributed by atoms with E-state index in [2.05, 4.69) is 64.2 Å². The molecule has 0 saturated carbocycles. The minimum atomic E-state index is 0.646. The molecule has 0 aliphatic rings. The summed E-state index contributed by atoms with van der Waals surface area (Å²) in [6, 6.07) is 8.31. The van der Waals surface area contributed by atoms with Crippen molar-refractivity contribution < 1.29 is 0 Å².